The minimum atomic E-state index is -0.573. The van der Waals surface area contributed by atoms with Gasteiger partial charge >= 0.3 is 0 Å². The number of carbonyl (C=O) groups is 1. The maximum Gasteiger partial charge on any atom is 0.270 e. The molecule has 0 unspecified atom stereocenters. The number of halogens is 1. The van der Waals surface area contributed by atoms with Gasteiger partial charge in [0, 0.05) is 24.5 Å². The van der Waals surface area contributed by atoms with Crippen LogP contribution < -0.4 is 16.6 Å². The second-order valence-corrected chi connectivity index (χ2v) is 5.45. The highest BCUT2D eigenvalue weighted by molar-refractivity contribution is 5.94. The first-order valence-electron chi connectivity index (χ1n) is 6.35. The van der Waals surface area contributed by atoms with Gasteiger partial charge in [0.15, 0.2) is 0 Å². The fourth-order valence-corrected chi connectivity index (χ4v) is 1.76. The zero-order valence-electron chi connectivity index (χ0n) is 12.2. The largest absolute Gasteiger partial charge is 0.346 e. The summed E-state index contributed by atoms with van der Waals surface area (Å²) in [6.45, 7) is 5.78. The molecular formula is C14H19ClN4O2. The fourth-order valence-electron chi connectivity index (χ4n) is 1.76. The summed E-state index contributed by atoms with van der Waals surface area (Å²) in [5, 5.41) is 2.72. The number of aryl methyl sites for hydroxylation is 1. The summed E-state index contributed by atoms with van der Waals surface area (Å²) in [5.74, 6) is -0.465. The highest BCUT2D eigenvalue weighted by Gasteiger charge is 2.21. The predicted octanol–water partition coefficient (Wildman–Crippen LogP) is 0.892. The molecule has 6 nitrogen and oxygen atoms in total. The molecule has 1 amide bonds. The van der Waals surface area contributed by atoms with Gasteiger partial charge in [0.1, 0.15) is 11.2 Å². The van der Waals surface area contributed by atoms with E-state index in [0.29, 0.717) is 5.65 Å². The van der Waals surface area contributed by atoms with Crippen LogP contribution in [0.5, 0.6) is 0 Å². The standard InChI is InChI=1S/C14H18N4O2.ClH/c1-9-4-5-18-11(6-9)16-7-10(13(18)20)12(19)17-14(2,3)8-15;/h4-7H,8,15H2,1-3H3,(H,17,19);1H. The number of aromatic nitrogens is 2. The minimum Gasteiger partial charge on any atom is -0.346 e. The summed E-state index contributed by atoms with van der Waals surface area (Å²) >= 11 is 0. The van der Waals surface area contributed by atoms with Gasteiger partial charge in [-0.05, 0) is 38.5 Å². The van der Waals surface area contributed by atoms with Crippen molar-refractivity contribution >= 4 is 24.0 Å². The third-order valence-electron chi connectivity index (χ3n) is 3.07. The summed E-state index contributed by atoms with van der Waals surface area (Å²) in [7, 11) is 0. The molecule has 2 aromatic rings. The van der Waals surface area contributed by atoms with Crippen LogP contribution in [-0.2, 0) is 0 Å². The van der Waals surface area contributed by atoms with Crippen LogP contribution in [0.1, 0.15) is 29.8 Å². The smallest absolute Gasteiger partial charge is 0.270 e. The lowest BCUT2D eigenvalue weighted by molar-refractivity contribution is 0.0913. The van der Waals surface area contributed by atoms with Gasteiger partial charge in [0.05, 0.1) is 0 Å². The van der Waals surface area contributed by atoms with E-state index in [4.69, 9.17) is 5.73 Å². The van der Waals surface area contributed by atoms with E-state index in [9.17, 15) is 9.59 Å². The van der Waals surface area contributed by atoms with E-state index in [-0.39, 0.29) is 30.1 Å². The molecule has 0 aliphatic heterocycles. The Bertz CT molecular complexity index is 724. The maximum atomic E-state index is 12.3. The van der Waals surface area contributed by atoms with Crippen LogP contribution in [0.2, 0.25) is 0 Å². The number of fused-ring (bicyclic) bond motifs is 1. The van der Waals surface area contributed by atoms with Crippen molar-refractivity contribution in [3.05, 3.63) is 46.0 Å². The fraction of sp³-hybridized carbons (Fsp3) is 0.357. The van der Waals surface area contributed by atoms with Crippen LogP contribution in [0.3, 0.4) is 0 Å². The number of carbonyl (C=O) groups excluding carboxylic acids is 1. The molecule has 7 heteroatoms. The normalized spacial score (nSPS) is 11.0. The van der Waals surface area contributed by atoms with Crippen LogP contribution in [-0.4, -0.2) is 27.4 Å². The van der Waals surface area contributed by atoms with Crippen molar-refractivity contribution in [3.8, 4) is 0 Å². The number of rotatable bonds is 3. The molecule has 0 aliphatic rings. The Balaban J connectivity index is 0.00000220. The Morgan fingerprint density at radius 1 is 1.48 bits per heavy atom. The van der Waals surface area contributed by atoms with Crippen LogP contribution >= 0.6 is 12.4 Å². The molecule has 0 bridgehead atoms. The molecule has 0 spiro atoms. The highest BCUT2D eigenvalue weighted by Crippen LogP contribution is 2.04. The van der Waals surface area contributed by atoms with Crippen molar-refractivity contribution in [3.63, 3.8) is 0 Å². The second-order valence-electron chi connectivity index (χ2n) is 5.45. The molecule has 2 rings (SSSR count). The molecule has 0 fully saturated rings. The molecule has 0 atom stereocenters. The molecular weight excluding hydrogens is 292 g/mol. The Kier molecular flexibility index (Phi) is 5.09. The number of nitrogens with one attached hydrogen (secondary N) is 1. The zero-order chi connectivity index (χ0) is 14.9. The van der Waals surface area contributed by atoms with Gasteiger partial charge in [-0.15, -0.1) is 12.4 Å². The molecule has 0 aliphatic carbocycles. The first-order valence-corrected chi connectivity index (χ1v) is 6.35. The van der Waals surface area contributed by atoms with Gasteiger partial charge in [0.2, 0.25) is 0 Å². The van der Waals surface area contributed by atoms with Crippen molar-refractivity contribution in [2.75, 3.05) is 6.54 Å². The molecule has 114 valence electrons. The lowest BCUT2D eigenvalue weighted by Gasteiger charge is -2.23. The monoisotopic (exact) mass is 310 g/mol. The number of amides is 1. The van der Waals surface area contributed by atoms with E-state index in [1.54, 1.807) is 32.2 Å². The Morgan fingerprint density at radius 3 is 2.76 bits per heavy atom. The van der Waals surface area contributed by atoms with E-state index >= 15 is 0 Å². The zero-order valence-corrected chi connectivity index (χ0v) is 13.0. The van der Waals surface area contributed by atoms with Crippen LogP contribution in [0.15, 0.2) is 29.3 Å². The lowest BCUT2D eigenvalue weighted by Crippen LogP contribution is -2.50. The van der Waals surface area contributed by atoms with E-state index in [2.05, 4.69) is 10.3 Å². The predicted molar refractivity (Wildman–Crippen MR) is 84.0 cm³/mol. The first kappa shape index (κ1) is 17.1. The average molecular weight is 311 g/mol. The summed E-state index contributed by atoms with van der Waals surface area (Å²) in [6.07, 6.45) is 2.92. The molecule has 0 saturated carbocycles. The van der Waals surface area contributed by atoms with Gasteiger partial charge < -0.3 is 11.1 Å². The van der Waals surface area contributed by atoms with Crippen molar-refractivity contribution < 1.29 is 4.79 Å². The number of hydrogen-bond donors (Lipinski definition) is 2. The Hall–Kier alpha value is -1.92. The third-order valence-corrected chi connectivity index (χ3v) is 3.07. The summed E-state index contributed by atoms with van der Waals surface area (Å²) in [4.78, 5) is 28.6. The lowest BCUT2D eigenvalue weighted by atomic mass is 10.1. The van der Waals surface area contributed by atoms with Gasteiger partial charge in [-0.3, -0.25) is 14.0 Å². The molecule has 2 aromatic heterocycles. The molecule has 0 saturated heterocycles. The number of nitrogens with zero attached hydrogens (tertiary/aromatic N) is 2. The topological polar surface area (TPSA) is 89.5 Å². The summed E-state index contributed by atoms with van der Waals surface area (Å²) in [5.41, 5.74) is 6.13. The van der Waals surface area contributed by atoms with E-state index in [1.165, 1.54) is 10.6 Å². The first-order chi connectivity index (χ1) is 9.34. The van der Waals surface area contributed by atoms with Gasteiger partial charge in [-0.1, -0.05) is 0 Å². The Morgan fingerprint density at radius 2 is 2.14 bits per heavy atom. The number of nitrogens with two attached hydrogens (primary N) is 1. The van der Waals surface area contributed by atoms with Crippen LogP contribution in [0, 0.1) is 6.92 Å². The molecule has 0 radical (unpaired) electrons. The maximum absolute atomic E-state index is 12.3. The van der Waals surface area contributed by atoms with Gasteiger partial charge in [-0.2, -0.15) is 0 Å². The van der Waals surface area contributed by atoms with E-state index < -0.39 is 11.4 Å². The van der Waals surface area contributed by atoms with Crippen molar-refractivity contribution in [1.29, 1.82) is 0 Å². The van der Waals surface area contributed by atoms with E-state index in [0.717, 1.165) is 5.56 Å². The Labute approximate surface area is 128 Å². The molecule has 0 aromatic carbocycles. The average Bonchev–Trinajstić information content (AvgIpc) is 2.38. The highest BCUT2D eigenvalue weighted by atomic mass is 35.5. The third kappa shape index (κ3) is 3.59. The van der Waals surface area contributed by atoms with Crippen LogP contribution in [0.25, 0.3) is 5.65 Å². The summed E-state index contributed by atoms with van der Waals surface area (Å²) in [6, 6.07) is 3.58. The van der Waals surface area contributed by atoms with Crippen molar-refractivity contribution in [2.45, 2.75) is 26.3 Å². The van der Waals surface area contributed by atoms with Crippen molar-refractivity contribution in [1.82, 2.24) is 14.7 Å². The van der Waals surface area contributed by atoms with E-state index in [1.807, 2.05) is 6.92 Å². The summed E-state index contributed by atoms with van der Waals surface area (Å²) < 4.78 is 1.36. The molecule has 21 heavy (non-hydrogen) atoms. The number of pyridine rings is 1. The van der Waals surface area contributed by atoms with Gasteiger partial charge in [0.25, 0.3) is 11.5 Å². The second kappa shape index (κ2) is 6.24. The quantitative estimate of drug-likeness (QED) is 0.881. The van der Waals surface area contributed by atoms with Gasteiger partial charge in [-0.25, -0.2) is 4.98 Å². The minimum absolute atomic E-state index is 0. The SMILES string of the molecule is Cc1ccn2c(=O)c(C(=O)NC(C)(C)CN)cnc2c1.Cl. The van der Waals surface area contributed by atoms with Crippen molar-refractivity contribution in [2.24, 2.45) is 5.73 Å². The molecule has 2 heterocycles. The van der Waals surface area contributed by atoms with Crippen LogP contribution in [0.4, 0.5) is 0 Å². The number of hydrogen-bond acceptors (Lipinski definition) is 4. The molecule has 3 N–H and O–H groups in total.